The molecule has 0 aromatic carbocycles. The summed E-state index contributed by atoms with van der Waals surface area (Å²) in [4.78, 5) is 0. The molecule has 0 aromatic heterocycles. The van der Waals surface area contributed by atoms with Gasteiger partial charge in [0.1, 0.15) is 17.7 Å². The summed E-state index contributed by atoms with van der Waals surface area (Å²) in [7, 11) is 0. The van der Waals surface area contributed by atoms with E-state index in [0.717, 1.165) is 56.7 Å². The van der Waals surface area contributed by atoms with Crippen molar-refractivity contribution in [3.05, 3.63) is 22.9 Å². The second kappa shape index (κ2) is 12.6. The first kappa shape index (κ1) is 23.3. The van der Waals surface area contributed by atoms with E-state index in [1.54, 1.807) is 0 Å². The van der Waals surface area contributed by atoms with Crippen LogP contribution in [0.4, 0.5) is 0 Å². The predicted octanol–water partition coefficient (Wildman–Crippen LogP) is 5.88. The van der Waals surface area contributed by atoms with E-state index in [2.05, 4.69) is 33.0 Å². The Kier molecular flexibility index (Phi) is 10.8. The van der Waals surface area contributed by atoms with E-state index in [1.165, 1.54) is 25.7 Å². The molecule has 1 aliphatic carbocycles. The fraction of sp³-hybridized carbons (Fsp3) is 0.739. The number of nitrogens with zero attached hydrogens (tertiary/aromatic N) is 2. The van der Waals surface area contributed by atoms with Crippen molar-refractivity contribution in [1.29, 1.82) is 10.5 Å². The third-order valence-electron chi connectivity index (χ3n) is 5.70. The van der Waals surface area contributed by atoms with Crippen molar-refractivity contribution in [2.24, 2.45) is 11.3 Å². The number of ether oxygens (including phenoxy) is 1. The summed E-state index contributed by atoms with van der Waals surface area (Å²) in [5.41, 5.74) is 2.36. The standard InChI is InChI=1S/C23H37N3O.H2/c1-5-8-10-19(6-2)18-27-12-9-11-26-22-13-20(21(16-24)17-25)14-23(4,7-3)15-22;/h13,19,26H,5-12,14-15,18H2,1-4H3;1H. The third-order valence-corrected chi connectivity index (χ3v) is 5.70. The minimum Gasteiger partial charge on any atom is -0.388 e. The molecule has 1 aliphatic rings. The molecule has 0 aromatic rings. The molecular weight excluding hydrogens is 334 g/mol. The molecule has 0 amide bonds. The zero-order chi connectivity index (χ0) is 20.1. The van der Waals surface area contributed by atoms with Gasteiger partial charge in [0.25, 0.3) is 0 Å². The molecule has 0 saturated carbocycles. The lowest BCUT2D eigenvalue weighted by molar-refractivity contribution is 0.0923. The van der Waals surface area contributed by atoms with Gasteiger partial charge in [0, 0.05) is 26.9 Å². The van der Waals surface area contributed by atoms with Crippen LogP contribution in [0.3, 0.4) is 0 Å². The lowest BCUT2D eigenvalue weighted by Gasteiger charge is -2.34. The van der Waals surface area contributed by atoms with Gasteiger partial charge < -0.3 is 10.1 Å². The lowest BCUT2D eigenvalue weighted by Crippen LogP contribution is -2.28. The summed E-state index contributed by atoms with van der Waals surface area (Å²) in [5.74, 6) is 0.687. The number of allylic oxidation sites excluding steroid dienone is 4. The zero-order valence-corrected chi connectivity index (χ0v) is 17.7. The van der Waals surface area contributed by atoms with E-state index in [1.807, 2.05) is 18.2 Å². The fourth-order valence-electron chi connectivity index (χ4n) is 3.56. The number of nitriles is 2. The molecule has 27 heavy (non-hydrogen) atoms. The molecule has 0 spiro atoms. The second-order valence-electron chi connectivity index (χ2n) is 8.08. The Labute approximate surface area is 167 Å². The smallest absolute Gasteiger partial charge is 0.132 e. The fourth-order valence-corrected chi connectivity index (χ4v) is 3.56. The Bertz CT molecular complexity index is 584. The van der Waals surface area contributed by atoms with Crippen LogP contribution >= 0.6 is 0 Å². The number of hydrogen-bond acceptors (Lipinski definition) is 4. The van der Waals surface area contributed by atoms with Gasteiger partial charge >= 0.3 is 0 Å². The van der Waals surface area contributed by atoms with Gasteiger partial charge in [-0.1, -0.05) is 53.4 Å². The van der Waals surface area contributed by atoms with Gasteiger partial charge in [-0.05, 0) is 48.7 Å². The molecule has 2 atom stereocenters. The van der Waals surface area contributed by atoms with Crippen LogP contribution < -0.4 is 5.32 Å². The number of nitrogens with one attached hydrogen (secondary N) is 1. The van der Waals surface area contributed by atoms with E-state index in [9.17, 15) is 10.5 Å². The monoisotopic (exact) mass is 373 g/mol. The van der Waals surface area contributed by atoms with Crippen LogP contribution in [0.2, 0.25) is 0 Å². The summed E-state index contributed by atoms with van der Waals surface area (Å²) >= 11 is 0. The summed E-state index contributed by atoms with van der Waals surface area (Å²) in [6.07, 6.45) is 10.8. The Balaban J connectivity index is 0.00000729. The topological polar surface area (TPSA) is 68.8 Å². The van der Waals surface area contributed by atoms with Crippen LogP contribution in [0.15, 0.2) is 22.9 Å². The van der Waals surface area contributed by atoms with Gasteiger partial charge in [0.15, 0.2) is 0 Å². The average molecular weight is 374 g/mol. The molecular formula is C23H39N3O. The van der Waals surface area contributed by atoms with Crippen molar-refractivity contribution in [2.45, 2.75) is 79.1 Å². The van der Waals surface area contributed by atoms with Gasteiger partial charge in [-0.25, -0.2) is 0 Å². The highest BCUT2D eigenvalue weighted by Crippen LogP contribution is 2.41. The van der Waals surface area contributed by atoms with E-state index in [-0.39, 0.29) is 12.4 Å². The van der Waals surface area contributed by atoms with Gasteiger partial charge in [0.05, 0.1) is 0 Å². The van der Waals surface area contributed by atoms with Gasteiger partial charge in [0.2, 0.25) is 0 Å². The minimum absolute atomic E-state index is 0. The molecule has 0 heterocycles. The van der Waals surface area contributed by atoms with E-state index in [0.29, 0.717) is 5.92 Å². The molecule has 4 nitrogen and oxygen atoms in total. The van der Waals surface area contributed by atoms with Crippen LogP contribution in [0.5, 0.6) is 0 Å². The van der Waals surface area contributed by atoms with Crippen molar-refractivity contribution in [3.63, 3.8) is 0 Å². The van der Waals surface area contributed by atoms with Crippen LogP contribution in [-0.2, 0) is 4.74 Å². The van der Waals surface area contributed by atoms with Crippen LogP contribution in [0.25, 0.3) is 0 Å². The number of unbranched alkanes of at least 4 members (excludes halogenated alkanes) is 1. The molecule has 0 fully saturated rings. The summed E-state index contributed by atoms with van der Waals surface area (Å²) in [5, 5.41) is 21.9. The Morgan fingerprint density at radius 1 is 1.26 bits per heavy atom. The molecule has 0 saturated heterocycles. The molecule has 152 valence electrons. The van der Waals surface area contributed by atoms with Crippen molar-refractivity contribution >= 4 is 0 Å². The van der Waals surface area contributed by atoms with Crippen molar-refractivity contribution in [3.8, 4) is 12.1 Å². The normalized spacial score (nSPS) is 20.4. The SMILES string of the molecule is CCCCC(CC)COCCCNC1=CC(=C(C#N)C#N)CC(C)(CC)C1.[HH]. The van der Waals surface area contributed by atoms with Gasteiger partial charge in [-0.2, -0.15) is 10.5 Å². The van der Waals surface area contributed by atoms with Crippen LogP contribution in [0.1, 0.15) is 80.5 Å². The first-order valence-electron chi connectivity index (χ1n) is 10.6. The molecule has 0 bridgehead atoms. The Morgan fingerprint density at radius 2 is 2.00 bits per heavy atom. The van der Waals surface area contributed by atoms with Crippen LogP contribution in [-0.4, -0.2) is 19.8 Å². The van der Waals surface area contributed by atoms with Crippen molar-refractivity contribution in [2.75, 3.05) is 19.8 Å². The zero-order valence-electron chi connectivity index (χ0n) is 17.7. The van der Waals surface area contributed by atoms with Crippen LogP contribution in [0, 0.1) is 34.0 Å². The minimum atomic E-state index is 0. The summed E-state index contributed by atoms with van der Waals surface area (Å²) in [6, 6.07) is 4.09. The Morgan fingerprint density at radius 3 is 2.59 bits per heavy atom. The highest BCUT2D eigenvalue weighted by molar-refractivity contribution is 5.47. The number of rotatable bonds is 12. The molecule has 0 aliphatic heterocycles. The van der Waals surface area contributed by atoms with Gasteiger partial charge in [-0.15, -0.1) is 0 Å². The largest absolute Gasteiger partial charge is 0.388 e. The maximum atomic E-state index is 9.20. The quantitative estimate of drug-likeness (QED) is 0.342. The summed E-state index contributed by atoms with van der Waals surface area (Å²) < 4.78 is 5.87. The van der Waals surface area contributed by atoms with Gasteiger partial charge in [-0.3, -0.25) is 0 Å². The van der Waals surface area contributed by atoms with E-state index in [4.69, 9.17) is 4.74 Å². The Hall–Kier alpha value is -1.78. The van der Waals surface area contributed by atoms with E-state index >= 15 is 0 Å². The first-order valence-corrected chi connectivity index (χ1v) is 10.6. The maximum absolute atomic E-state index is 9.20. The molecule has 1 N–H and O–H groups in total. The van der Waals surface area contributed by atoms with Crippen molar-refractivity contribution < 1.29 is 6.16 Å². The molecule has 4 heteroatoms. The maximum Gasteiger partial charge on any atom is 0.132 e. The van der Waals surface area contributed by atoms with Crippen molar-refractivity contribution in [1.82, 2.24) is 5.32 Å². The molecule has 1 rings (SSSR count). The summed E-state index contributed by atoms with van der Waals surface area (Å²) in [6.45, 7) is 11.4. The molecule has 0 radical (unpaired) electrons. The highest BCUT2D eigenvalue weighted by Gasteiger charge is 2.30. The predicted molar refractivity (Wildman–Crippen MR) is 113 cm³/mol. The lowest BCUT2D eigenvalue weighted by atomic mass is 9.73. The average Bonchev–Trinajstić information content (AvgIpc) is 2.67. The third kappa shape index (κ3) is 8.19. The second-order valence-corrected chi connectivity index (χ2v) is 8.08. The number of hydrogen-bond donors (Lipinski definition) is 1. The molecule has 2 unspecified atom stereocenters. The highest BCUT2D eigenvalue weighted by atomic mass is 16.5. The van der Waals surface area contributed by atoms with E-state index < -0.39 is 0 Å². The first-order chi connectivity index (χ1) is 13.0.